The average Bonchev–Trinajstić information content (AvgIpc) is 2.09. The van der Waals surface area contributed by atoms with Crippen molar-refractivity contribution in [2.45, 2.75) is 6.04 Å². The summed E-state index contributed by atoms with van der Waals surface area (Å²) in [4.78, 5) is 12.6. The normalized spacial score (nSPS) is 12.9. The van der Waals surface area contributed by atoms with Crippen molar-refractivity contribution in [2.24, 2.45) is 0 Å². The van der Waals surface area contributed by atoms with E-state index < -0.39 is 12.0 Å². The molecule has 0 bridgehead atoms. The number of carboxylic acids is 1. The summed E-state index contributed by atoms with van der Waals surface area (Å²) in [5, 5.41) is 9.82. The van der Waals surface area contributed by atoms with Gasteiger partial charge in [-0.25, -0.2) is 0 Å². The average molecular weight is 248 g/mol. The number of likely N-dealkylation sites (N-methyl/N-ethyl adjacent to an activating group) is 1. The number of carboxylic acid groups (broad SMARTS) is 1. The van der Waals surface area contributed by atoms with Crippen molar-refractivity contribution in [3.05, 3.63) is 33.8 Å². The lowest BCUT2D eigenvalue weighted by Gasteiger charge is -2.22. The van der Waals surface area contributed by atoms with E-state index in [1.807, 2.05) is 0 Å². The molecule has 1 unspecified atom stereocenters. The number of rotatable bonds is 3. The zero-order valence-electron chi connectivity index (χ0n) is 8.37. The first-order valence-corrected chi connectivity index (χ1v) is 5.04. The molecule has 0 aliphatic heterocycles. The second-order valence-electron chi connectivity index (χ2n) is 3.34. The highest BCUT2D eigenvalue weighted by Crippen LogP contribution is 2.32. The molecule has 1 atom stereocenters. The van der Waals surface area contributed by atoms with Gasteiger partial charge in [-0.1, -0.05) is 29.3 Å². The lowest BCUT2D eigenvalue weighted by Crippen LogP contribution is -2.27. The Hall–Kier alpha value is -0.770. The summed E-state index contributed by atoms with van der Waals surface area (Å²) < 4.78 is 0. The van der Waals surface area contributed by atoms with Crippen molar-refractivity contribution >= 4 is 29.2 Å². The molecule has 0 aliphatic rings. The maximum atomic E-state index is 11.1. The van der Waals surface area contributed by atoms with Crippen molar-refractivity contribution in [2.75, 3.05) is 14.1 Å². The van der Waals surface area contributed by atoms with Crippen LogP contribution >= 0.6 is 23.2 Å². The molecule has 0 amide bonds. The van der Waals surface area contributed by atoms with Crippen molar-refractivity contribution in [1.29, 1.82) is 0 Å². The van der Waals surface area contributed by atoms with Gasteiger partial charge < -0.3 is 5.11 Å². The third-order valence-electron chi connectivity index (χ3n) is 2.02. The third-order valence-corrected chi connectivity index (χ3v) is 2.68. The molecule has 0 aliphatic carbocycles. The molecular weight excluding hydrogens is 237 g/mol. The molecule has 0 saturated heterocycles. The fourth-order valence-corrected chi connectivity index (χ4v) is 1.98. The van der Waals surface area contributed by atoms with Crippen molar-refractivity contribution in [3.63, 3.8) is 0 Å². The topological polar surface area (TPSA) is 40.5 Å². The van der Waals surface area contributed by atoms with Crippen LogP contribution < -0.4 is 0 Å². The van der Waals surface area contributed by atoms with Crippen LogP contribution in [0.25, 0.3) is 0 Å². The van der Waals surface area contributed by atoms with Crippen LogP contribution in [0.1, 0.15) is 11.6 Å². The number of hydrogen-bond acceptors (Lipinski definition) is 2. The van der Waals surface area contributed by atoms with Crippen molar-refractivity contribution < 1.29 is 9.90 Å². The van der Waals surface area contributed by atoms with Gasteiger partial charge in [0.1, 0.15) is 6.04 Å². The molecule has 1 aromatic carbocycles. The van der Waals surface area contributed by atoms with Crippen LogP contribution in [-0.2, 0) is 4.79 Å². The van der Waals surface area contributed by atoms with E-state index in [9.17, 15) is 4.79 Å². The minimum absolute atomic E-state index is 0.364. The maximum absolute atomic E-state index is 11.1. The van der Waals surface area contributed by atoms with E-state index in [2.05, 4.69) is 0 Å². The Bertz CT molecular complexity index is 359. The smallest absolute Gasteiger partial charge is 0.325 e. The summed E-state index contributed by atoms with van der Waals surface area (Å²) in [5.41, 5.74) is 0.429. The predicted molar refractivity (Wildman–Crippen MR) is 60.5 cm³/mol. The number of nitrogens with zero attached hydrogens (tertiary/aromatic N) is 1. The molecule has 1 rings (SSSR count). The van der Waals surface area contributed by atoms with Crippen LogP contribution in [0.5, 0.6) is 0 Å². The molecule has 15 heavy (non-hydrogen) atoms. The zero-order valence-corrected chi connectivity index (χ0v) is 9.88. The molecule has 0 heterocycles. The zero-order chi connectivity index (χ0) is 11.6. The first kappa shape index (κ1) is 12.3. The van der Waals surface area contributed by atoms with Gasteiger partial charge in [0.15, 0.2) is 0 Å². The molecule has 0 saturated carbocycles. The molecule has 0 spiro atoms. The van der Waals surface area contributed by atoms with Gasteiger partial charge in [0.05, 0.1) is 0 Å². The molecule has 5 heteroatoms. The lowest BCUT2D eigenvalue weighted by molar-refractivity contribution is -0.142. The molecular formula is C10H11Cl2NO2. The van der Waals surface area contributed by atoms with Crippen molar-refractivity contribution in [1.82, 2.24) is 4.90 Å². The number of halogens is 2. The summed E-state index contributed by atoms with van der Waals surface area (Å²) >= 11 is 11.9. The van der Waals surface area contributed by atoms with E-state index in [4.69, 9.17) is 28.3 Å². The molecule has 82 valence electrons. The fraction of sp³-hybridized carbons (Fsp3) is 0.300. The number of aliphatic carboxylic acids is 1. The van der Waals surface area contributed by atoms with Crippen LogP contribution in [0.15, 0.2) is 18.2 Å². The van der Waals surface area contributed by atoms with Gasteiger partial charge in [-0.3, -0.25) is 9.69 Å². The first-order chi connectivity index (χ1) is 6.95. The molecule has 0 fully saturated rings. The van der Waals surface area contributed by atoms with Gasteiger partial charge in [0.2, 0.25) is 0 Å². The molecule has 1 N–H and O–H groups in total. The van der Waals surface area contributed by atoms with E-state index in [0.29, 0.717) is 15.6 Å². The second kappa shape index (κ2) is 4.84. The van der Waals surface area contributed by atoms with Crippen LogP contribution in [0.2, 0.25) is 10.0 Å². The Morgan fingerprint density at radius 2 is 1.80 bits per heavy atom. The van der Waals surface area contributed by atoms with E-state index in [-0.39, 0.29) is 0 Å². The summed E-state index contributed by atoms with van der Waals surface area (Å²) in [6.07, 6.45) is 0. The molecule has 1 aromatic rings. The Morgan fingerprint density at radius 3 is 2.13 bits per heavy atom. The van der Waals surface area contributed by atoms with Gasteiger partial charge in [0, 0.05) is 15.6 Å². The summed E-state index contributed by atoms with van der Waals surface area (Å²) in [5.74, 6) is -0.977. The van der Waals surface area contributed by atoms with Crippen LogP contribution in [0.4, 0.5) is 0 Å². The SMILES string of the molecule is CN(C)C(C(=O)O)c1c(Cl)cccc1Cl. The maximum Gasteiger partial charge on any atom is 0.325 e. The van der Waals surface area contributed by atoms with E-state index in [0.717, 1.165) is 0 Å². The van der Waals surface area contributed by atoms with Gasteiger partial charge in [-0.2, -0.15) is 0 Å². The monoisotopic (exact) mass is 247 g/mol. The molecule has 3 nitrogen and oxygen atoms in total. The molecule has 0 radical (unpaired) electrons. The number of hydrogen-bond donors (Lipinski definition) is 1. The Morgan fingerprint density at radius 1 is 1.33 bits per heavy atom. The van der Waals surface area contributed by atoms with E-state index in [1.54, 1.807) is 37.2 Å². The van der Waals surface area contributed by atoms with E-state index >= 15 is 0 Å². The quantitative estimate of drug-likeness (QED) is 0.893. The standard InChI is InChI=1S/C10H11Cl2NO2/c1-13(2)9(10(14)15)8-6(11)4-3-5-7(8)12/h3-5,9H,1-2H3,(H,14,15). The lowest BCUT2D eigenvalue weighted by atomic mass is 10.1. The van der Waals surface area contributed by atoms with E-state index in [1.165, 1.54) is 0 Å². The first-order valence-electron chi connectivity index (χ1n) is 4.28. The molecule has 0 aromatic heterocycles. The Balaban J connectivity index is 3.28. The van der Waals surface area contributed by atoms with Gasteiger partial charge in [0.25, 0.3) is 0 Å². The van der Waals surface area contributed by atoms with Gasteiger partial charge >= 0.3 is 5.97 Å². The third kappa shape index (κ3) is 2.62. The summed E-state index contributed by atoms with van der Waals surface area (Å²) in [6.45, 7) is 0. The van der Waals surface area contributed by atoms with Gasteiger partial charge in [-0.15, -0.1) is 0 Å². The van der Waals surface area contributed by atoms with Crippen LogP contribution in [0, 0.1) is 0 Å². The van der Waals surface area contributed by atoms with Crippen LogP contribution in [0.3, 0.4) is 0 Å². The predicted octanol–water partition coefficient (Wildman–Crippen LogP) is 2.68. The largest absolute Gasteiger partial charge is 0.480 e. The number of carbonyl (C=O) groups is 1. The highest BCUT2D eigenvalue weighted by atomic mass is 35.5. The minimum Gasteiger partial charge on any atom is -0.480 e. The Labute approximate surface area is 98.2 Å². The number of benzene rings is 1. The van der Waals surface area contributed by atoms with Gasteiger partial charge in [-0.05, 0) is 26.2 Å². The van der Waals surface area contributed by atoms with Crippen LogP contribution in [-0.4, -0.2) is 30.1 Å². The van der Waals surface area contributed by atoms with Crippen molar-refractivity contribution in [3.8, 4) is 0 Å². The minimum atomic E-state index is -0.977. The Kier molecular flexibility index (Phi) is 3.97. The second-order valence-corrected chi connectivity index (χ2v) is 4.15. The highest BCUT2D eigenvalue weighted by Gasteiger charge is 2.26. The summed E-state index contributed by atoms with van der Waals surface area (Å²) in [6, 6.07) is 4.11. The highest BCUT2D eigenvalue weighted by molar-refractivity contribution is 6.36. The summed E-state index contributed by atoms with van der Waals surface area (Å²) in [7, 11) is 3.33. The fourth-order valence-electron chi connectivity index (χ4n) is 1.37.